The van der Waals surface area contributed by atoms with Crippen LogP contribution in [0.2, 0.25) is 0 Å². The van der Waals surface area contributed by atoms with Crippen LogP contribution in [-0.2, 0) is 0 Å². The van der Waals surface area contributed by atoms with Crippen molar-refractivity contribution >= 4 is 15.9 Å². The van der Waals surface area contributed by atoms with E-state index in [1.165, 1.54) is 0 Å². The van der Waals surface area contributed by atoms with E-state index in [4.69, 9.17) is 10.5 Å². The quantitative estimate of drug-likeness (QED) is 0.924. The number of nitrogens with zero attached hydrogens (tertiary/aromatic N) is 1. The number of hydrogen-bond donors (Lipinski definition) is 1. The van der Waals surface area contributed by atoms with Crippen molar-refractivity contribution in [2.75, 3.05) is 13.2 Å². The van der Waals surface area contributed by atoms with E-state index in [0.29, 0.717) is 13.2 Å². The van der Waals surface area contributed by atoms with E-state index in [0.717, 1.165) is 15.8 Å². The topological polar surface area (TPSA) is 48.1 Å². The molecule has 1 aromatic carbocycles. The number of pyridine rings is 1. The Morgan fingerprint density at radius 3 is 2.56 bits per heavy atom. The molecule has 3 nitrogen and oxygen atoms in total. The lowest BCUT2D eigenvalue weighted by Gasteiger charge is -2.16. The SMILES string of the molecule is NCC(COc1ccccc1Br)c1ccncc1. The lowest BCUT2D eigenvalue weighted by Crippen LogP contribution is -2.19. The minimum Gasteiger partial charge on any atom is -0.492 e. The van der Waals surface area contributed by atoms with Gasteiger partial charge < -0.3 is 10.5 Å². The second-order valence-corrected chi connectivity index (χ2v) is 4.81. The van der Waals surface area contributed by atoms with Crippen molar-refractivity contribution in [1.29, 1.82) is 0 Å². The maximum absolute atomic E-state index is 5.80. The van der Waals surface area contributed by atoms with Crippen LogP contribution in [0.4, 0.5) is 0 Å². The molecule has 2 rings (SSSR count). The van der Waals surface area contributed by atoms with E-state index in [1.54, 1.807) is 12.4 Å². The van der Waals surface area contributed by atoms with E-state index >= 15 is 0 Å². The summed E-state index contributed by atoms with van der Waals surface area (Å²) >= 11 is 3.46. The summed E-state index contributed by atoms with van der Waals surface area (Å²) in [7, 11) is 0. The first-order valence-corrected chi connectivity index (χ1v) is 6.58. The molecule has 4 heteroatoms. The van der Waals surface area contributed by atoms with Crippen molar-refractivity contribution in [2.45, 2.75) is 5.92 Å². The van der Waals surface area contributed by atoms with Gasteiger partial charge in [-0.1, -0.05) is 12.1 Å². The molecule has 0 spiro atoms. The molecule has 2 N–H and O–H groups in total. The fraction of sp³-hybridized carbons (Fsp3) is 0.214. The first-order valence-electron chi connectivity index (χ1n) is 5.78. The summed E-state index contributed by atoms with van der Waals surface area (Å²) in [5.41, 5.74) is 6.95. The van der Waals surface area contributed by atoms with Gasteiger partial charge in [0.05, 0.1) is 11.1 Å². The monoisotopic (exact) mass is 306 g/mol. The Labute approximate surface area is 115 Å². The van der Waals surface area contributed by atoms with Gasteiger partial charge >= 0.3 is 0 Å². The summed E-state index contributed by atoms with van der Waals surface area (Å²) in [5, 5.41) is 0. The van der Waals surface area contributed by atoms with E-state index in [-0.39, 0.29) is 5.92 Å². The second-order valence-electron chi connectivity index (χ2n) is 3.95. The number of hydrogen-bond acceptors (Lipinski definition) is 3. The van der Waals surface area contributed by atoms with Gasteiger partial charge in [-0.25, -0.2) is 0 Å². The Bertz CT molecular complexity index is 490. The highest BCUT2D eigenvalue weighted by Crippen LogP contribution is 2.25. The predicted octanol–water partition coefficient (Wildman–Crippen LogP) is 2.97. The molecule has 0 saturated carbocycles. The molecule has 0 saturated heterocycles. The third-order valence-corrected chi connectivity index (χ3v) is 3.39. The van der Waals surface area contributed by atoms with Crippen molar-refractivity contribution in [3.05, 3.63) is 58.8 Å². The molecule has 0 fully saturated rings. The van der Waals surface area contributed by atoms with Gasteiger partial charge in [0.15, 0.2) is 0 Å². The normalized spacial score (nSPS) is 12.1. The van der Waals surface area contributed by atoms with Gasteiger partial charge in [-0.3, -0.25) is 4.98 Å². The van der Waals surface area contributed by atoms with Gasteiger partial charge in [-0.2, -0.15) is 0 Å². The summed E-state index contributed by atoms with van der Waals surface area (Å²) in [5.74, 6) is 1.02. The van der Waals surface area contributed by atoms with E-state index in [9.17, 15) is 0 Å². The fourth-order valence-corrected chi connectivity index (χ4v) is 2.09. The molecular weight excluding hydrogens is 292 g/mol. The largest absolute Gasteiger partial charge is 0.492 e. The van der Waals surface area contributed by atoms with Crippen LogP contribution in [0.15, 0.2) is 53.3 Å². The number of aromatic nitrogens is 1. The maximum atomic E-state index is 5.80. The Hall–Kier alpha value is -1.39. The molecule has 1 atom stereocenters. The van der Waals surface area contributed by atoms with E-state index < -0.39 is 0 Å². The van der Waals surface area contributed by atoms with Crippen LogP contribution in [-0.4, -0.2) is 18.1 Å². The summed E-state index contributed by atoms with van der Waals surface area (Å²) < 4.78 is 6.75. The molecule has 0 bridgehead atoms. The number of ether oxygens (including phenoxy) is 1. The number of nitrogens with two attached hydrogens (primary N) is 1. The first kappa shape index (κ1) is 13.1. The number of rotatable bonds is 5. The Morgan fingerprint density at radius 2 is 1.89 bits per heavy atom. The van der Waals surface area contributed by atoms with Gasteiger partial charge in [-0.15, -0.1) is 0 Å². The number of halogens is 1. The molecule has 94 valence electrons. The van der Waals surface area contributed by atoms with Crippen LogP contribution >= 0.6 is 15.9 Å². The molecule has 1 aromatic heterocycles. The molecular formula is C14H15BrN2O. The summed E-state index contributed by atoms with van der Waals surface area (Å²) in [6.07, 6.45) is 3.55. The van der Waals surface area contributed by atoms with Crippen LogP contribution in [0, 0.1) is 0 Å². The number of benzene rings is 1. The molecule has 1 heterocycles. The number of para-hydroxylation sites is 1. The highest BCUT2D eigenvalue weighted by Gasteiger charge is 2.11. The van der Waals surface area contributed by atoms with Crippen molar-refractivity contribution < 1.29 is 4.74 Å². The van der Waals surface area contributed by atoms with Crippen LogP contribution in [0.1, 0.15) is 11.5 Å². The maximum Gasteiger partial charge on any atom is 0.133 e. The standard InChI is InChI=1S/C14H15BrN2O/c15-13-3-1-2-4-14(13)18-10-12(9-16)11-5-7-17-8-6-11/h1-8,12H,9-10,16H2. The highest BCUT2D eigenvalue weighted by molar-refractivity contribution is 9.10. The highest BCUT2D eigenvalue weighted by atomic mass is 79.9. The smallest absolute Gasteiger partial charge is 0.133 e. The van der Waals surface area contributed by atoms with Crippen LogP contribution in [0.25, 0.3) is 0 Å². The molecule has 0 amide bonds. The Balaban J connectivity index is 2.02. The molecule has 0 aliphatic heterocycles. The van der Waals surface area contributed by atoms with Crippen LogP contribution < -0.4 is 10.5 Å². The Morgan fingerprint density at radius 1 is 1.17 bits per heavy atom. The first-order chi connectivity index (χ1) is 8.81. The summed E-state index contributed by atoms with van der Waals surface area (Å²) in [6.45, 7) is 1.11. The Kier molecular flexibility index (Phi) is 4.73. The third-order valence-electron chi connectivity index (χ3n) is 2.74. The zero-order chi connectivity index (χ0) is 12.8. The third kappa shape index (κ3) is 3.31. The van der Waals surface area contributed by atoms with Crippen LogP contribution in [0.3, 0.4) is 0 Å². The van der Waals surface area contributed by atoms with Crippen molar-refractivity contribution in [1.82, 2.24) is 4.98 Å². The lowest BCUT2D eigenvalue weighted by atomic mass is 10.0. The summed E-state index contributed by atoms with van der Waals surface area (Å²) in [6, 6.07) is 11.7. The van der Waals surface area contributed by atoms with Crippen molar-refractivity contribution in [2.24, 2.45) is 5.73 Å². The molecule has 2 aromatic rings. The summed E-state index contributed by atoms with van der Waals surface area (Å²) in [4.78, 5) is 4.01. The molecule has 18 heavy (non-hydrogen) atoms. The molecule has 0 aliphatic rings. The lowest BCUT2D eigenvalue weighted by molar-refractivity contribution is 0.288. The van der Waals surface area contributed by atoms with Crippen molar-refractivity contribution in [3.8, 4) is 5.75 Å². The van der Waals surface area contributed by atoms with E-state index in [1.807, 2.05) is 36.4 Å². The zero-order valence-corrected chi connectivity index (χ0v) is 11.5. The minimum absolute atomic E-state index is 0.181. The van der Waals surface area contributed by atoms with Gasteiger partial charge in [0.25, 0.3) is 0 Å². The van der Waals surface area contributed by atoms with Gasteiger partial charge in [0, 0.05) is 24.9 Å². The molecule has 1 unspecified atom stereocenters. The van der Waals surface area contributed by atoms with E-state index in [2.05, 4.69) is 20.9 Å². The average Bonchev–Trinajstić information content (AvgIpc) is 2.42. The molecule has 0 radical (unpaired) electrons. The van der Waals surface area contributed by atoms with Gasteiger partial charge in [-0.05, 0) is 45.8 Å². The molecule has 0 aliphatic carbocycles. The fourth-order valence-electron chi connectivity index (χ4n) is 1.69. The predicted molar refractivity (Wildman–Crippen MR) is 75.7 cm³/mol. The van der Waals surface area contributed by atoms with Crippen molar-refractivity contribution in [3.63, 3.8) is 0 Å². The van der Waals surface area contributed by atoms with Gasteiger partial charge in [0.2, 0.25) is 0 Å². The van der Waals surface area contributed by atoms with Crippen LogP contribution in [0.5, 0.6) is 5.75 Å². The zero-order valence-electron chi connectivity index (χ0n) is 9.92. The average molecular weight is 307 g/mol. The second kappa shape index (κ2) is 6.52. The van der Waals surface area contributed by atoms with Gasteiger partial charge in [0.1, 0.15) is 5.75 Å². The minimum atomic E-state index is 0.181.